The number of carbonyl (C=O) groups is 1. The number of rotatable bonds is 2. The van der Waals surface area contributed by atoms with Crippen molar-refractivity contribution in [1.82, 2.24) is 8.94 Å². The Morgan fingerprint density at radius 2 is 2.33 bits per heavy atom. The Bertz CT molecular complexity index is 888. The molecule has 0 aliphatic rings. The molecule has 0 aliphatic carbocycles. The Balaban J connectivity index is 2.25. The van der Waals surface area contributed by atoms with Gasteiger partial charge in [0.2, 0.25) is 0 Å². The monoisotopic (exact) mass is 298 g/mol. The fourth-order valence-corrected chi connectivity index (χ4v) is 2.76. The SMILES string of the molecule is COC(=O)c1c(N)c(C#N)cn1-c1ccc2nscc2c1. The van der Waals surface area contributed by atoms with Crippen molar-refractivity contribution in [3.05, 3.63) is 41.0 Å². The molecule has 0 amide bonds. The van der Waals surface area contributed by atoms with Crippen molar-refractivity contribution in [2.24, 2.45) is 0 Å². The average Bonchev–Trinajstić information content (AvgIpc) is 3.09. The molecule has 0 aliphatic heterocycles. The van der Waals surface area contributed by atoms with Crippen molar-refractivity contribution < 1.29 is 9.53 Å². The number of benzene rings is 1. The number of nitriles is 1. The van der Waals surface area contributed by atoms with E-state index in [1.807, 2.05) is 29.6 Å². The van der Waals surface area contributed by atoms with Gasteiger partial charge in [0.1, 0.15) is 6.07 Å². The normalized spacial score (nSPS) is 10.5. The van der Waals surface area contributed by atoms with Crippen molar-refractivity contribution in [1.29, 1.82) is 5.26 Å². The number of ether oxygens (including phenoxy) is 1. The highest BCUT2D eigenvalue weighted by atomic mass is 32.1. The number of aromatic nitrogens is 2. The highest BCUT2D eigenvalue weighted by molar-refractivity contribution is 7.04. The summed E-state index contributed by atoms with van der Waals surface area (Å²) in [5.74, 6) is -0.586. The molecule has 0 unspecified atom stereocenters. The van der Waals surface area contributed by atoms with Crippen LogP contribution < -0.4 is 5.73 Å². The molecule has 0 spiro atoms. The summed E-state index contributed by atoms with van der Waals surface area (Å²) in [7, 11) is 1.27. The number of nitrogens with two attached hydrogens (primary N) is 1. The van der Waals surface area contributed by atoms with Gasteiger partial charge in [0.25, 0.3) is 0 Å². The first-order chi connectivity index (χ1) is 10.2. The van der Waals surface area contributed by atoms with Crippen LogP contribution in [0.1, 0.15) is 16.1 Å². The van der Waals surface area contributed by atoms with Crippen LogP contribution in [0.25, 0.3) is 16.6 Å². The minimum atomic E-state index is -0.586. The van der Waals surface area contributed by atoms with Crippen LogP contribution in [0.2, 0.25) is 0 Å². The zero-order chi connectivity index (χ0) is 15.0. The van der Waals surface area contributed by atoms with Crippen molar-refractivity contribution in [2.45, 2.75) is 0 Å². The third-order valence-electron chi connectivity index (χ3n) is 3.16. The molecule has 21 heavy (non-hydrogen) atoms. The maximum absolute atomic E-state index is 11.9. The van der Waals surface area contributed by atoms with E-state index in [0.717, 1.165) is 16.6 Å². The molecule has 0 saturated carbocycles. The van der Waals surface area contributed by atoms with Gasteiger partial charge in [0.15, 0.2) is 5.69 Å². The highest BCUT2D eigenvalue weighted by Gasteiger charge is 2.21. The van der Waals surface area contributed by atoms with Crippen LogP contribution >= 0.6 is 11.5 Å². The molecular weight excluding hydrogens is 288 g/mol. The lowest BCUT2D eigenvalue weighted by molar-refractivity contribution is 0.0593. The smallest absolute Gasteiger partial charge is 0.357 e. The van der Waals surface area contributed by atoms with Crippen LogP contribution in [0.5, 0.6) is 0 Å². The van der Waals surface area contributed by atoms with E-state index >= 15 is 0 Å². The van der Waals surface area contributed by atoms with Gasteiger partial charge in [-0.1, -0.05) is 0 Å². The summed E-state index contributed by atoms with van der Waals surface area (Å²) in [5, 5.41) is 12.0. The van der Waals surface area contributed by atoms with E-state index < -0.39 is 5.97 Å². The van der Waals surface area contributed by atoms with E-state index in [-0.39, 0.29) is 16.9 Å². The summed E-state index contributed by atoms with van der Waals surface area (Å²) in [6.07, 6.45) is 1.53. The lowest BCUT2D eigenvalue weighted by atomic mass is 10.2. The number of hydrogen-bond acceptors (Lipinski definition) is 6. The molecule has 0 atom stereocenters. The maximum Gasteiger partial charge on any atom is 0.357 e. The number of methoxy groups -OCH3 is 1. The zero-order valence-corrected chi connectivity index (χ0v) is 11.8. The number of fused-ring (bicyclic) bond motifs is 1. The molecule has 3 aromatic rings. The summed E-state index contributed by atoms with van der Waals surface area (Å²) in [5.41, 5.74) is 7.97. The number of anilines is 1. The van der Waals surface area contributed by atoms with Crippen LogP contribution in [0.15, 0.2) is 29.8 Å². The molecule has 1 aromatic carbocycles. The second kappa shape index (κ2) is 4.92. The lowest BCUT2D eigenvalue weighted by Gasteiger charge is -2.08. The maximum atomic E-state index is 11.9. The molecule has 3 rings (SSSR count). The van der Waals surface area contributed by atoms with Gasteiger partial charge in [0, 0.05) is 22.7 Å². The summed E-state index contributed by atoms with van der Waals surface area (Å²) >= 11 is 1.36. The second-order valence-electron chi connectivity index (χ2n) is 4.34. The third-order valence-corrected chi connectivity index (χ3v) is 3.83. The summed E-state index contributed by atoms with van der Waals surface area (Å²) < 4.78 is 10.5. The van der Waals surface area contributed by atoms with Gasteiger partial charge in [-0.2, -0.15) is 9.64 Å². The molecule has 0 radical (unpaired) electrons. The van der Waals surface area contributed by atoms with Gasteiger partial charge in [-0.3, -0.25) is 0 Å². The Hall–Kier alpha value is -2.85. The third kappa shape index (κ3) is 2.02. The Kier molecular flexibility index (Phi) is 3.08. The predicted octanol–water partition coefficient (Wildman–Crippen LogP) is 2.33. The van der Waals surface area contributed by atoms with Gasteiger partial charge in [-0.15, -0.1) is 0 Å². The molecule has 0 saturated heterocycles. The van der Waals surface area contributed by atoms with Crippen molar-refractivity contribution >= 4 is 34.1 Å². The van der Waals surface area contributed by atoms with E-state index in [4.69, 9.17) is 15.7 Å². The van der Waals surface area contributed by atoms with Crippen LogP contribution in [-0.2, 0) is 4.74 Å². The molecular formula is C14H10N4O2S. The van der Waals surface area contributed by atoms with Crippen molar-refractivity contribution in [2.75, 3.05) is 12.8 Å². The molecule has 6 nitrogen and oxygen atoms in total. The highest BCUT2D eigenvalue weighted by Crippen LogP contribution is 2.26. The molecule has 0 fully saturated rings. The van der Waals surface area contributed by atoms with E-state index in [9.17, 15) is 4.79 Å². The van der Waals surface area contributed by atoms with Gasteiger partial charge < -0.3 is 15.0 Å². The van der Waals surface area contributed by atoms with Crippen LogP contribution in [0.3, 0.4) is 0 Å². The molecule has 104 valence electrons. The van der Waals surface area contributed by atoms with E-state index in [1.54, 1.807) is 4.57 Å². The Morgan fingerprint density at radius 1 is 1.52 bits per heavy atom. The molecule has 2 aromatic heterocycles. The Morgan fingerprint density at radius 3 is 3.05 bits per heavy atom. The zero-order valence-electron chi connectivity index (χ0n) is 11.0. The van der Waals surface area contributed by atoms with Gasteiger partial charge in [0.05, 0.1) is 23.9 Å². The predicted molar refractivity (Wildman–Crippen MR) is 79.4 cm³/mol. The quantitative estimate of drug-likeness (QED) is 0.733. The summed E-state index contributed by atoms with van der Waals surface area (Å²) in [6.45, 7) is 0. The first-order valence-electron chi connectivity index (χ1n) is 5.99. The van der Waals surface area contributed by atoms with E-state index in [0.29, 0.717) is 0 Å². The number of carbonyl (C=O) groups excluding carboxylic acids is 1. The fraction of sp³-hybridized carbons (Fsp3) is 0.0714. The number of nitrogens with zero attached hydrogens (tertiary/aromatic N) is 3. The van der Waals surface area contributed by atoms with Crippen LogP contribution in [0, 0.1) is 11.3 Å². The summed E-state index contributed by atoms with van der Waals surface area (Å²) in [6, 6.07) is 7.52. The molecule has 7 heteroatoms. The minimum absolute atomic E-state index is 0.118. The Labute approximate surface area is 124 Å². The lowest BCUT2D eigenvalue weighted by Crippen LogP contribution is -2.11. The fourth-order valence-electron chi connectivity index (χ4n) is 2.13. The molecule has 0 bridgehead atoms. The van der Waals surface area contributed by atoms with E-state index in [2.05, 4.69) is 4.37 Å². The first kappa shape index (κ1) is 13.1. The van der Waals surface area contributed by atoms with Crippen molar-refractivity contribution in [3.8, 4) is 11.8 Å². The topological polar surface area (TPSA) is 93.9 Å². The second-order valence-corrected chi connectivity index (χ2v) is 4.97. The average molecular weight is 298 g/mol. The first-order valence-corrected chi connectivity index (χ1v) is 6.83. The van der Waals surface area contributed by atoms with Crippen molar-refractivity contribution in [3.63, 3.8) is 0 Å². The summed E-state index contributed by atoms with van der Waals surface area (Å²) in [4.78, 5) is 11.9. The van der Waals surface area contributed by atoms with Crippen LogP contribution in [-0.4, -0.2) is 22.0 Å². The number of esters is 1. The number of hydrogen-bond donors (Lipinski definition) is 1. The van der Waals surface area contributed by atoms with Gasteiger partial charge in [-0.05, 0) is 29.7 Å². The van der Waals surface area contributed by atoms with Gasteiger partial charge in [-0.25, -0.2) is 4.79 Å². The molecule has 2 N–H and O–H groups in total. The standard InChI is InChI=1S/C14H10N4O2S/c1-20-14(19)13-12(16)9(5-15)6-18(13)10-2-3-11-8(4-10)7-21-17-11/h2-4,6-7H,16H2,1H3. The number of nitrogen functional groups attached to an aromatic ring is 1. The minimum Gasteiger partial charge on any atom is -0.464 e. The largest absolute Gasteiger partial charge is 0.464 e. The van der Waals surface area contributed by atoms with Crippen LogP contribution in [0.4, 0.5) is 5.69 Å². The molecule has 2 heterocycles. The van der Waals surface area contributed by atoms with E-state index in [1.165, 1.54) is 24.8 Å². The van der Waals surface area contributed by atoms with Gasteiger partial charge >= 0.3 is 5.97 Å².